The molecule has 6 heteroatoms. The Kier molecular flexibility index (Phi) is 4.32. The number of phenolic OH excluding ortho intramolecular Hbond substituents is 1. The molecule has 1 aromatic heterocycles. The highest BCUT2D eigenvalue weighted by Crippen LogP contribution is 2.43. The summed E-state index contributed by atoms with van der Waals surface area (Å²) in [7, 11) is 1.59. The molecule has 0 aliphatic carbocycles. The van der Waals surface area contributed by atoms with Gasteiger partial charge in [0.2, 0.25) is 5.91 Å². The zero-order valence-corrected chi connectivity index (χ0v) is 15.3. The number of ether oxygens (including phenoxy) is 1. The number of hydrogen-bond donors (Lipinski definition) is 2. The van der Waals surface area contributed by atoms with Crippen LogP contribution in [0.4, 0.5) is 5.82 Å². The molecule has 4 rings (SSSR count). The number of fused-ring (bicyclic) bond motifs is 1. The molecule has 138 valence electrons. The lowest BCUT2D eigenvalue weighted by molar-refractivity contribution is -0.116. The Morgan fingerprint density at radius 2 is 2.04 bits per heavy atom. The van der Waals surface area contributed by atoms with Gasteiger partial charge in [0.1, 0.15) is 17.3 Å². The van der Waals surface area contributed by atoms with Crippen molar-refractivity contribution < 1.29 is 14.6 Å². The van der Waals surface area contributed by atoms with Gasteiger partial charge in [-0.15, -0.1) is 0 Å². The van der Waals surface area contributed by atoms with E-state index >= 15 is 0 Å². The Bertz CT molecular complexity index is 995. The van der Waals surface area contributed by atoms with Gasteiger partial charge in [-0.1, -0.05) is 30.3 Å². The summed E-state index contributed by atoms with van der Waals surface area (Å²) in [6.07, 6.45) is 0.282. The van der Waals surface area contributed by atoms with Crippen LogP contribution in [0.2, 0.25) is 0 Å². The number of aromatic hydroxyl groups is 1. The van der Waals surface area contributed by atoms with Crippen LogP contribution in [-0.2, 0) is 11.3 Å². The van der Waals surface area contributed by atoms with E-state index in [0.717, 1.165) is 22.4 Å². The van der Waals surface area contributed by atoms with Crippen molar-refractivity contribution >= 4 is 11.7 Å². The first kappa shape index (κ1) is 17.1. The fourth-order valence-corrected chi connectivity index (χ4v) is 3.75. The fraction of sp³-hybridized carbons (Fsp3) is 0.238. The third-order valence-corrected chi connectivity index (χ3v) is 4.93. The van der Waals surface area contributed by atoms with Gasteiger partial charge in [0.15, 0.2) is 0 Å². The molecule has 2 heterocycles. The summed E-state index contributed by atoms with van der Waals surface area (Å²) in [6.45, 7) is 2.52. The molecule has 27 heavy (non-hydrogen) atoms. The minimum absolute atomic E-state index is 0.0768. The lowest BCUT2D eigenvalue weighted by Gasteiger charge is -2.25. The highest BCUT2D eigenvalue weighted by atomic mass is 16.5. The van der Waals surface area contributed by atoms with Gasteiger partial charge in [-0.25, -0.2) is 4.68 Å². The van der Waals surface area contributed by atoms with Gasteiger partial charge in [0.05, 0.1) is 19.3 Å². The number of amides is 1. The summed E-state index contributed by atoms with van der Waals surface area (Å²) >= 11 is 0. The quantitative estimate of drug-likeness (QED) is 0.745. The summed E-state index contributed by atoms with van der Waals surface area (Å²) in [5.41, 5.74) is 3.72. The second-order valence-electron chi connectivity index (χ2n) is 6.72. The van der Waals surface area contributed by atoms with Crippen molar-refractivity contribution in [1.82, 2.24) is 9.78 Å². The van der Waals surface area contributed by atoms with E-state index in [1.165, 1.54) is 0 Å². The van der Waals surface area contributed by atoms with E-state index in [-0.39, 0.29) is 24.0 Å². The molecule has 3 aromatic rings. The molecule has 6 nitrogen and oxygen atoms in total. The Morgan fingerprint density at radius 1 is 1.26 bits per heavy atom. The predicted molar refractivity (Wildman–Crippen MR) is 102 cm³/mol. The van der Waals surface area contributed by atoms with Crippen molar-refractivity contribution in [3.05, 3.63) is 70.9 Å². The van der Waals surface area contributed by atoms with Gasteiger partial charge in [0.25, 0.3) is 0 Å². The monoisotopic (exact) mass is 363 g/mol. The SMILES string of the molecule is COc1ccc(O)cc1C1CC(=O)Nc2c1c(C)nn2Cc1ccccc1. The Hall–Kier alpha value is -3.28. The Morgan fingerprint density at radius 3 is 2.78 bits per heavy atom. The summed E-state index contributed by atoms with van der Waals surface area (Å²) in [4.78, 5) is 12.5. The van der Waals surface area contributed by atoms with Crippen LogP contribution in [0.1, 0.15) is 34.7 Å². The summed E-state index contributed by atoms with van der Waals surface area (Å²) < 4.78 is 7.31. The molecule has 1 atom stereocenters. The number of nitrogens with zero attached hydrogens (tertiary/aromatic N) is 2. The van der Waals surface area contributed by atoms with Crippen molar-refractivity contribution in [1.29, 1.82) is 0 Å². The van der Waals surface area contributed by atoms with Crippen molar-refractivity contribution in [3.8, 4) is 11.5 Å². The zero-order valence-electron chi connectivity index (χ0n) is 15.3. The van der Waals surface area contributed by atoms with Crippen LogP contribution in [0.5, 0.6) is 11.5 Å². The number of hydrogen-bond acceptors (Lipinski definition) is 4. The van der Waals surface area contributed by atoms with Gasteiger partial charge in [-0.3, -0.25) is 4.79 Å². The number of phenols is 1. The third kappa shape index (κ3) is 3.14. The number of carbonyl (C=O) groups is 1. The Balaban J connectivity index is 1.81. The number of aromatic nitrogens is 2. The number of aryl methyl sites for hydroxylation is 1. The summed E-state index contributed by atoms with van der Waals surface area (Å²) in [5.74, 6) is 1.21. The molecule has 0 spiro atoms. The maximum Gasteiger partial charge on any atom is 0.226 e. The van der Waals surface area contributed by atoms with Crippen molar-refractivity contribution in [2.75, 3.05) is 12.4 Å². The van der Waals surface area contributed by atoms with E-state index < -0.39 is 0 Å². The second kappa shape index (κ2) is 6.79. The Labute approximate surface area is 157 Å². The van der Waals surface area contributed by atoms with Crippen molar-refractivity contribution in [3.63, 3.8) is 0 Å². The second-order valence-corrected chi connectivity index (χ2v) is 6.72. The molecule has 0 bridgehead atoms. The molecule has 2 aromatic carbocycles. The highest BCUT2D eigenvalue weighted by Gasteiger charge is 2.34. The zero-order chi connectivity index (χ0) is 19.0. The average molecular weight is 363 g/mol. The lowest BCUT2D eigenvalue weighted by atomic mass is 9.85. The number of nitrogens with one attached hydrogen (secondary N) is 1. The summed E-state index contributed by atoms with van der Waals surface area (Å²) in [5, 5.41) is 17.6. The number of rotatable bonds is 4. The lowest BCUT2D eigenvalue weighted by Crippen LogP contribution is -2.25. The maximum atomic E-state index is 12.5. The molecule has 1 aliphatic heterocycles. The first-order valence-corrected chi connectivity index (χ1v) is 8.84. The van der Waals surface area contributed by atoms with E-state index in [0.29, 0.717) is 18.1 Å². The van der Waals surface area contributed by atoms with Crippen molar-refractivity contribution in [2.24, 2.45) is 0 Å². The smallest absolute Gasteiger partial charge is 0.226 e. The molecule has 1 amide bonds. The maximum absolute atomic E-state index is 12.5. The predicted octanol–water partition coefficient (Wildman–Crippen LogP) is 3.43. The molecule has 1 aliphatic rings. The van der Waals surface area contributed by atoms with E-state index in [2.05, 4.69) is 10.4 Å². The van der Waals surface area contributed by atoms with E-state index in [9.17, 15) is 9.90 Å². The van der Waals surface area contributed by atoms with Crippen LogP contribution in [0.3, 0.4) is 0 Å². The summed E-state index contributed by atoms with van der Waals surface area (Å²) in [6, 6.07) is 15.0. The van der Waals surface area contributed by atoms with Gasteiger partial charge in [-0.2, -0.15) is 5.10 Å². The molecule has 0 fully saturated rings. The van der Waals surface area contributed by atoms with Crippen LogP contribution < -0.4 is 10.1 Å². The van der Waals surface area contributed by atoms with Gasteiger partial charge >= 0.3 is 0 Å². The molecule has 0 saturated heterocycles. The molecule has 2 N–H and O–H groups in total. The van der Waals surface area contributed by atoms with E-state index in [4.69, 9.17) is 4.74 Å². The van der Waals surface area contributed by atoms with Gasteiger partial charge in [-0.05, 0) is 30.7 Å². The van der Waals surface area contributed by atoms with Crippen LogP contribution in [0, 0.1) is 6.92 Å². The average Bonchev–Trinajstić information content (AvgIpc) is 2.97. The normalized spacial score (nSPS) is 15.9. The van der Waals surface area contributed by atoms with E-state index in [1.54, 1.807) is 25.3 Å². The molecular formula is C21H21N3O3. The van der Waals surface area contributed by atoms with Crippen LogP contribution in [0.25, 0.3) is 0 Å². The molecular weight excluding hydrogens is 342 g/mol. The first-order valence-electron chi connectivity index (χ1n) is 8.84. The molecule has 0 saturated carbocycles. The first-order chi connectivity index (χ1) is 13.1. The number of carbonyl (C=O) groups excluding carboxylic acids is 1. The van der Waals surface area contributed by atoms with Crippen LogP contribution in [0.15, 0.2) is 48.5 Å². The topological polar surface area (TPSA) is 76.4 Å². The van der Waals surface area contributed by atoms with Crippen LogP contribution in [-0.4, -0.2) is 27.9 Å². The van der Waals surface area contributed by atoms with Crippen LogP contribution >= 0.6 is 0 Å². The minimum Gasteiger partial charge on any atom is -0.508 e. The molecule has 1 unspecified atom stereocenters. The largest absolute Gasteiger partial charge is 0.508 e. The third-order valence-electron chi connectivity index (χ3n) is 4.93. The number of methoxy groups -OCH3 is 1. The standard InChI is InChI=1S/C21H21N3O3/c1-13-20-17(16-10-15(25)8-9-18(16)27-2)11-19(26)22-21(20)24(23-13)12-14-6-4-3-5-7-14/h3-10,17,25H,11-12H2,1-2H3,(H,22,26). The van der Waals surface area contributed by atoms with E-state index in [1.807, 2.05) is 41.9 Å². The highest BCUT2D eigenvalue weighted by molar-refractivity contribution is 5.94. The number of benzene rings is 2. The fourth-order valence-electron chi connectivity index (χ4n) is 3.75. The van der Waals surface area contributed by atoms with Gasteiger partial charge < -0.3 is 15.2 Å². The number of anilines is 1. The van der Waals surface area contributed by atoms with Gasteiger partial charge in [0, 0.05) is 23.5 Å². The molecule has 0 radical (unpaired) electrons. The minimum atomic E-state index is -0.222. The van der Waals surface area contributed by atoms with Crippen molar-refractivity contribution in [2.45, 2.75) is 25.8 Å².